The molecule has 0 unspecified atom stereocenters. The van der Waals surface area contributed by atoms with Gasteiger partial charge in [-0.15, -0.1) is 0 Å². The second kappa shape index (κ2) is 9.25. The Kier molecular flexibility index (Phi) is 7.28. The van der Waals surface area contributed by atoms with Gasteiger partial charge in [-0.05, 0) is 18.9 Å². The summed E-state index contributed by atoms with van der Waals surface area (Å²) >= 11 is 5.95. The van der Waals surface area contributed by atoms with E-state index in [0.29, 0.717) is 0 Å². The predicted octanol–water partition coefficient (Wildman–Crippen LogP) is 2.29. The number of halogens is 1. The van der Waals surface area contributed by atoms with E-state index in [1.54, 1.807) is 0 Å². The van der Waals surface area contributed by atoms with E-state index in [2.05, 4.69) is 10.5 Å². The van der Waals surface area contributed by atoms with Crippen molar-refractivity contribution in [2.45, 2.75) is 38.1 Å². The van der Waals surface area contributed by atoms with Crippen LogP contribution in [0.5, 0.6) is 0 Å². The van der Waals surface area contributed by atoms with Crippen LogP contribution >= 0.6 is 11.6 Å². The number of hydrogen-bond donors (Lipinski definition) is 1. The third-order valence-corrected chi connectivity index (χ3v) is 5.91. The molecule has 9 nitrogen and oxygen atoms in total. The van der Waals surface area contributed by atoms with Gasteiger partial charge in [-0.3, -0.25) is 14.9 Å². The lowest BCUT2D eigenvalue weighted by Gasteiger charge is -2.31. The summed E-state index contributed by atoms with van der Waals surface area (Å²) in [6.07, 6.45) is 6.65. The van der Waals surface area contributed by atoms with Gasteiger partial charge in [-0.1, -0.05) is 30.9 Å². The van der Waals surface area contributed by atoms with Gasteiger partial charge in [0, 0.05) is 28.8 Å². The number of hydrogen-bond acceptors (Lipinski definition) is 6. The molecule has 1 saturated carbocycles. The lowest BCUT2D eigenvalue weighted by Crippen LogP contribution is -2.45. The first-order valence-corrected chi connectivity index (χ1v) is 10.6. The van der Waals surface area contributed by atoms with Gasteiger partial charge in [0.15, 0.2) is 0 Å². The van der Waals surface area contributed by atoms with Gasteiger partial charge in [-0.25, -0.2) is 13.8 Å². The normalized spacial score (nSPS) is 16.0. The summed E-state index contributed by atoms with van der Waals surface area (Å²) in [6.45, 7) is -0.330. The topological polar surface area (TPSA) is 122 Å². The molecule has 148 valence electrons. The summed E-state index contributed by atoms with van der Waals surface area (Å²) in [4.78, 5) is 22.3. The lowest BCUT2D eigenvalue weighted by molar-refractivity contribution is -0.384. The number of carbonyl (C=O) groups excluding carboxylic acids is 1. The summed E-state index contributed by atoms with van der Waals surface area (Å²) in [7, 11) is -3.53. The fourth-order valence-electron chi connectivity index (χ4n) is 2.98. The zero-order valence-corrected chi connectivity index (χ0v) is 16.4. The Balaban J connectivity index is 2.02. The Labute approximate surface area is 162 Å². The van der Waals surface area contributed by atoms with Crippen LogP contribution in [0.2, 0.25) is 5.02 Å². The van der Waals surface area contributed by atoms with E-state index in [9.17, 15) is 23.3 Å². The van der Waals surface area contributed by atoms with Crippen molar-refractivity contribution < 1.29 is 18.1 Å². The highest BCUT2D eigenvalue weighted by Crippen LogP contribution is 2.24. The summed E-state index contributed by atoms with van der Waals surface area (Å²) in [5.74, 6) is -0.594. The Morgan fingerprint density at radius 3 is 2.67 bits per heavy atom. The number of rotatable bonds is 7. The van der Waals surface area contributed by atoms with Gasteiger partial charge >= 0.3 is 0 Å². The number of nitro groups is 1. The molecule has 1 aliphatic carbocycles. The van der Waals surface area contributed by atoms with E-state index in [0.717, 1.165) is 38.4 Å². The van der Waals surface area contributed by atoms with E-state index in [-0.39, 0.29) is 28.9 Å². The minimum atomic E-state index is -3.53. The number of sulfonamides is 1. The number of nitrogens with one attached hydrogen (secondary N) is 1. The number of amides is 1. The number of non-ortho nitro benzene ring substituents is 1. The Hall–Kier alpha value is -2.04. The molecular formula is C16H21ClN4O5S. The van der Waals surface area contributed by atoms with Gasteiger partial charge in [0.25, 0.3) is 11.6 Å². The summed E-state index contributed by atoms with van der Waals surface area (Å²) in [5.41, 5.74) is 2.35. The maximum atomic E-state index is 12.1. The second-order valence-corrected chi connectivity index (χ2v) is 8.70. The van der Waals surface area contributed by atoms with Crippen LogP contribution in [0.15, 0.2) is 23.3 Å². The molecule has 27 heavy (non-hydrogen) atoms. The summed E-state index contributed by atoms with van der Waals surface area (Å²) < 4.78 is 25.3. The Morgan fingerprint density at radius 2 is 2.07 bits per heavy atom. The highest BCUT2D eigenvalue weighted by atomic mass is 35.5. The number of carbonyl (C=O) groups is 1. The SMILES string of the molecule is CS(=O)(=O)N(CC(=O)N/N=C/c1cc([N+](=O)[O-])ccc1Cl)C1CCCCC1. The maximum Gasteiger partial charge on any atom is 0.270 e. The van der Waals surface area contributed by atoms with Crippen LogP contribution in [-0.2, 0) is 14.8 Å². The van der Waals surface area contributed by atoms with Crippen molar-refractivity contribution in [3.05, 3.63) is 38.9 Å². The average molecular weight is 417 g/mol. The van der Waals surface area contributed by atoms with Crippen molar-refractivity contribution in [2.24, 2.45) is 5.10 Å². The van der Waals surface area contributed by atoms with E-state index in [1.807, 2.05) is 0 Å². The molecule has 0 radical (unpaired) electrons. The highest BCUT2D eigenvalue weighted by molar-refractivity contribution is 7.88. The monoisotopic (exact) mass is 416 g/mol. The van der Waals surface area contributed by atoms with Crippen molar-refractivity contribution >= 4 is 39.4 Å². The molecule has 0 atom stereocenters. The number of hydrazone groups is 1. The zero-order chi connectivity index (χ0) is 20.0. The Bertz CT molecular complexity index is 837. The van der Waals surface area contributed by atoms with E-state index >= 15 is 0 Å². The number of nitro benzene ring substituents is 1. The number of benzene rings is 1. The first-order chi connectivity index (χ1) is 12.7. The molecular weight excluding hydrogens is 396 g/mol. The zero-order valence-electron chi connectivity index (χ0n) is 14.8. The summed E-state index contributed by atoms with van der Waals surface area (Å²) in [6, 6.07) is 3.65. The standard InChI is InChI=1S/C16H21ClN4O5S/c1-27(25,26)20(13-5-3-2-4-6-13)11-16(22)19-18-10-12-9-14(21(23)24)7-8-15(12)17/h7-10,13H,2-6,11H2,1H3,(H,19,22)/b18-10+. The minimum Gasteiger partial charge on any atom is -0.272 e. The maximum absolute atomic E-state index is 12.1. The molecule has 0 spiro atoms. The molecule has 0 saturated heterocycles. The largest absolute Gasteiger partial charge is 0.272 e. The van der Waals surface area contributed by atoms with Crippen LogP contribution in [-0.4, -0.2) is 48.6 Å². The molecule has 1 aromatic rings. The van der Waals surface area contributed by atoms with Crippen LogP contribution in [0, 0.1) is 10.1 Å². The van der Waals surface area contributed by atoms with Crippen molar-refractivity contribution in [3.8, 4) is 0 Å². The van der Waals surface area contributed by atoms with E-state index in [1.165, 1.54) is 28.7 Å². The third kappa shape index (κ3) is 6.26. The van der Waals surface area contributed by atoms with Gasteiger partial charge in [0.2, 0.25) is 10.0 Å². The quantitative estimate of drug-likeness (QED) is 0.415. The smallest absolute Gasteiger partial charge is 0.270 e. The third-order valence-electron chi connectivity index (χ3n) is 4.29. The first-order valence-electron chi connectivity index (χ1n) is 8.41. The first kappa shape index (κ1) is 21.3. The lowest BCUT2D eigenvalue weighted by atomic mass is 9.95. The van der Waals surface area contributed by atoms with Crippen molar-refractivity contribution in [1.82, 2.24) is 9.73 Å². The highest BCUT2D eigenvalue weighted by Gasteiger charge is 2.29. The van der Waals surface area contributed by atoms with Gasteiger partial charge < -0.3 is 0 Å². The Morgan fingerprint density at radius 1 is 1.41 bits per heavy atom. The minimum absolute atomic E-state index is 0.160. The molecule has 1 aliphatic rings. The average Bonchev–Trinajstić information content (AvgIpc) is 2.61. The van der Waals surface area contributed by atoms with Crippen LogP contribution in [0.3, 0.4) is 0 Å². The molecule has 0 heterocycles. The van der Waals surface area contributed by atoms with Gasteiger partial charge in [0.05, 0.1) is 23.9 Å². The molecule has 1 aromatic carbocycles. The van der Waals surface area contributed by atoms with Crippen molar-refractivity contribution in [3.63, 3.8) is 0 Å². The van der Waals surface area contributed by atoms with Gasteiger partial charge in [0.1, 0.15) is 0 Å². The number of nitrogens with zero attached hydrogens (tertiary/aromatic N) is 3. The summed E-state index contributed by atoms with van der Waals surface area (Å²) in [5, 5.41) is 14.8. The van der Waals surface area contributed by atoms with Crippen LogP contribution in [0.4, 0.5) is 5.69 Å². The van der Waals surface area contributed by atoms with Crippen LogP contribution < -0.4 is 5.43 Å². The molecule has 1 amide bonds. The van der Waals surface area contributed by atoms with Gasteiger partial charge in [-0.2, -0.15) is 9.41 Å². The molecule has 2 rings (SSSR count). The molecule has 1 fully saturated rings. The molecule has 1 N–H and O–H groups in total. The molecule has 0 aromatic heterocycles. The van der Waals surface area contributed by atoms with Crippen LogP contribution in [0.25, 0.3) is 0 Å². The van der Waals surface area contributed by atoms with E-state index < -0.39 is 20.9 Å². The van der Waals surface area contributed by atoms with Crippen molar-refractivity contribution in [1.29, 1.82) is 0 Å². The fraction of sp³-hybridized carbons (Fsp3) is 0.500. The predicted molar refractivity (Wildman–Crippen MR) is 102 cm³/mol. The molecule has 0 aliphatic heterocycles. The fourth-order valence-corrected chi connectivity index (χ4v) is 4.25. The molecule has 0 bridgehead atoms. The molecule has 11 heteroatoms. The van der Waals surface area contributed by atoms with Crippen molar-refractivity contribution in [2.75, 3.05) is 12.8 Å². The second-order valence-electron chi connectivity index (χ2n) is 6.36. The van der Waals surface area contributed by atoms with E-state index in [4.69, 9.17) is 11.6 Å². The van der Waals surface area contributed by atoms with Crippen LogP contribution in [0.1, 0.15) is 37.7 Å².